The topological polar surface area (TPSA) is 65.5 Å². The van der Waals surface area contributed by atoms with Crippen LogP contribution in [-0.4, -0.2) is 38.0 Å². The lowest BCUT2D eigenvalue weighted by Gasteiger charge is -2.23. The van der Waals surface area contributed by atoms with Crippen LogP contribution in [0.1, 0.15) is 43.7 Å². The highest BCUT2D eigenvalue weighted by molar-refractivity contribution is 14.0. The van der Waals surface area contributed by atoms with Gasteiger partial charge in [-0.05, 0) is 62.8 Å². The first-order chi connectivity index (χ1) is 12.6. The summed E-state index contributed by atoms with van der Waals surface area (Å²) in [4.78, 5) is 16.3. The minimum Gasteiger partial charge on any atom is -0.357 e. The van der Waals surface area contributed by atoms with Crippen molar-refractivity contribution < 1.29 is 9.18 Å². The molecule has 0 aromatic heterocycles. The van der Waals surface area contributed by atoms with E-state index >= 15 is 0 Å². The molecule has 0 radical (unpaired) electrons. The van der Waals surface area contributed by atoms with Crippen molar-refractivity contribution in [1.82, 2.24) is 16.0 Å². The Kier molecular flexibility index (Phi) is 11.3. The van der Waals surface area contributed by atoms with E-state index in [0.717, 1.165) is 55.9 Å². The smallest absolute Gasteiger partial charge is 0.223 e. The van der Waals surface area contributed by atoms with Gasteiger partial charge < -0.3 is 16.0 Å². The average molecular weight is 490 g/mol. The van der Waals surface area contributed by atoms with Gasteiger partial charge in [0.1, 0.15) is 5.82 Å². The zero-order valence-corrected chi connectivity index (χ0v) is 18.6. The molecule has 0 saturated heterocycles. The number of aryl methyl sites for hydroxylation is 1. The molecule has 1 amide bonds. The SMILES string of the molecule is CCNC(=NCCCNC(=O)C1CCC1)NCCc1ccc(F)cc1C.I. The molecule has 1 saturated carbocycles. The Hall–Kier alpha value is -1.38. The van der Waals surface area contributed by atoms with Crippen LogP contribution in [0, 0.1) is 18.7 Å². The molecular formula is C20H32FIN4O. The predicted octanol–water partition coefficient (Wildman–Crippen LogP) is 3.16. The summed E-state index contributed by atoms with van der Waals surface area (Å²) in [7, 11) is 0. The zero-order chi connectivity index (χ0) is 18.8. The molecule has 1 aromatic carbocycles. The summed E-state index contributed by atoms with van der Waals surface area (Å²) >= 11 is 0. The second-order valence-electron chi connectivity index (χ2n) is 6.78. The minimum absolute atomic E-state index is 0. The standard InChI is InChI=1S/C20H31FN4O.HI/c1-3-22-20(24-12-5-11-23-19(26)17-6-4-7-17)25-13-10-16-8-9-18(21)14-15(16)2;/h8-9,14,17H,3-7,10-13H2,1-2H3,(H,23,26)(H2,22,24,25);1H. The summed E-state index contributed by atoms with van der Waals surface area (Å²) in [6.45, 7) is 6.81. The number of rotatable bonds is 9. The molecule has 1 fully saturated rings. The van der Waals surface area contributed by atoms with Crippen LogP contribution in [0.5, 0.6) is 0 Å². The average Bonchev–Trinajstić information content (AvgIpc) is 2.54. The normalized spacial score (nSPS) is 14.1. The summed E-state index contributed by atoms with van der Waals surface area (Å²) in [5.41, 5.74) is 2.10. The van der Waals surface area contributed by atoms with Gasteiger partial charge in [-0.3, -0.25) is 9.79 Å². The van der Waals surface area contributed by atoms with Crippen molar-refractivity contribution in [3.8, 4) is 0 Å². The number of amides is 1. The Morgan fingerprint density at radius 1 is 1.22 bits per heavy atom. The lowest BCUT2D eigenvalue weighted by Crippen LogP contribution is -2.38. The second-order valence-corrected chi connectivity index (χ2v) is 6.78. The molecule has 152 valence electrons. The van der Waals surface area contributed by atoms with Crippen LogP contribution in [0.3, 0.4) is 0 Å². The van der Waals surface area contributed by atoms with Crippen LogP contribution in [0.4, 0.5) is 4.39 Å². The fourth-order valence-corrected chi connectivity index (χ4v) is 2.89. The van der Waals surface area contributed by atoms with Gasteiger partial charge in [0, 0.05) is 32.1 Å². The highest BCUT2D eigenvalue weighted by atomic mass is 127. The number of guanidine groups is 1. The van der Waals surface area contributed by atoms with Crippen molar-refractivity contribution in [3.05, 3.63) is 35.1 Å². The minimum atomic E-state index is -0.196. The van der Waals surface area contributed by atoms with E-state index < -0.39 is 0 Å². The van der Waals surface area contributed by atoms with Crippen LogP contribution in [-0.2, 0) is 11.2 Å². The molecular weight excluding hydrogens is 458 g/mol. The van der Waals surface area contributed by atoms with E-state index in [1.807, 2.05) is 19.9 Å². The first kappa shape index (κ1) is 23.7. The van der Waals surface area contributed by atoms with Gasteiger partial charge >= 0.3 is 0 Å². The highest BCUT2D eigenvalue weighted by Gasteiger charge is 2.24. The largest absolute Gasteiger partial charge is 0.357 e. The molecule has 2 rings (SSSR count). The zero-order valence-electron chi connectivity index (χ0n) is 16.3. The lowest BCUT2D eigenvalue weighted by molar-refractivity contribution is -0.127. The first-order valence-electron chi connectivity index (χ1n) is 9.65. The number of carbonyl (C=O) groups excluding carboxylic acids is 1. The molecule has 0 heterocycles. The molecule has 1 aliphatic carbocycles. The van der Waals surface area contributed by atoms with Crippen molar-refractivity contribution in [1.29, 1.82) is 0 Å². The van der Waals surface area contributed by atoms with E-state index in [0.29, 0.717) is 13.1 Å². The Morgan fingerprint density at radius 2 is 2.00 bits per heavy atom. The summed E-state index contributed by atoms with van der Waals surface area (Å²) in [6.07, 6.45) is 4.88. The molecule has 0 unspecified atom stereocenters. The van der Waals surface area contributed by atoms with E-state index in [1.54, 1.807) is 6.07 Å². The molecule has 1 aliphatic rings. The summed E-state index contributed by atoms with van der Waals surface area (Å²) in [5, 5.41) is 9.51. The van der Waals surface area contributed by atoms with E-state index in [9.17, 15) is 9.18 Å². The third-order valence-corrected chi connectivity index (χ3v) is 4.72. The van der Waals surface area contributed by atoms with Gasteiger partial charge in [-0.2, -0.15) is 0 Å². The monoisotopic (exact) mass is 490 g/mol. The van der Waals surface area contributed by atoms with Crippen LogP contribution in [0.15, 0.2) is 23.2 Å². The quantitative estimate of drug-likeness (QED) is 0.216. The Balaban J connectivity index is 0.00000364. The number of hydrogen-bond donors (Lipinski definition) is 3. The van der Waals surface area contributed by atoms with Gasteiger partial charge in [0.2, 0.25) is 5.91 Å². The third kappa shape index (κ3) is 8.45. The van der Waals surface area contributed by atoms with Crippen molar-refractivity contribution in [2.75, 3.05) is 26.2 Å². The van der Waals surface area contributed by atoms with E-state index in [1.165, 1.54) is 12.5 Å². The summed E-state index contributed by atoms with van der Waals surface area (Å²) in [6, 6.07) is 4.90. The van der Waals surface area contributed by atoms with Gasteiger partial charge in [-0.25, -0.2) is 4.39 Å². The Bertz CT molecular complexity index is 620. The highest BCUT2D eigenvalue weighted by Crippen LogP contribution is 2.25. The Labute approximate surface area is 179 Å². The fraction of sp³-hybridized carbons (Fsp3) is 0.600. The van der Waals surface area contributed by atoms with E-state index in [-0.39, 0.29) is 41.6 Å². The van der Waals surface area contributed by atoms with E-state index in [4.69, 9.17) is 0 Å². The molecule has 0 spiro atoms. The summed E-state index contributed by atoms with van der Waals surface area (Å²) in [5.74, 6) is 1.02. The number of carbonyl (C=O) groups is 1. The van der Waals surface area contributed by atoms with Crippen molar-refractivity contribution in [3.63, 3.8) is 0 Å². The number of hydrogen-bond acceptors (Lipinski definition) is 2. The molecule has 0 aliphatic heterocycles. The van der Waals surface area contributed by atoms with E-state index in [2.05, 4.69) is 20.9 Å². The van der Waals surface area contributed by atoms with Crippen molar-refractivity contribution in [2.45, 2.75) is 46.0 Å². The number of halogens is 2. The maximum absolute atomic E-state index is 13.1. The molecule has 0 bridgehead atoms. The molecule has 5 nitrogen and oxygen atoms in total. The van der Waals surface area contributed by atoms with Crippen LogP contribution < -0.4 is 16.0 Å². The molecule has 27 heavy (non-hydrogen) atoms. The van der Waals surface area contributed by atoms with Crippen molar-refractivity contribution in [2.24, 2.45) is 10.9 Å². The first-order valence-corrected chi connectivity index (χ1v) is 9.65. The Morgan fingerprint density at radius 3 is 2.63 bits per heavy atom. The molecule has 1 aromatic rings. The second kappa shape index (κ2) is 12.9. The molecule has 3 N–H and O–H groups in total. The maximum Gasteiger partial charge on any atom is 0.223 e. The predicted molar refractivity (Wildman–Crippen MR) is 119 cm³/mol. The van der Waals surface area contributed by atoms with Crippen LogP contribution >= 0.6 is 24.0 Å². The number of nitrogens with one attached hydrogen (secondary N) is 3. The molecule has 7 heteroatoms. The van der Waals surface area contributed by atoms with Crippen molar-refractivity contribution >= 4 is 35.8 Å². The number of aliphatic imine (C=N–C) groups is 1. The van der Waals surface area contributed by atoms with Gasteiger partial charge in [-0.15, -0.1) is 24.0 Å². The van der Waals surface area contributed by atoms with Crippen LogP contribution in [0.2, 0.25) is 0 Å². The van der Waals surface area contributed by atoms with Crippen LogP contribution in [0.25, 0.3) is 0 Å². The van der Waals surface area contributed by atoms with Gasteiger partial charge in [0.15, 0.2) is 5.96 Å². The number of nitrogens with zero attached hydrogens (tertiary/aromatic N) is 1. The van der Waals surface area contributed by atoms with Gasteiger partial charge in [0.25, 0.3) is 0 Å². The van der Waals surface area contributed by atoms with Gasteiger partial charge in [-0.1, -0.05) is 12.5 Å². The summed E-state index contributed by atoms with van der Waals surface area (Å²) < 4.78 is 13.1. The van der Waals surface area contributed by atoms with Gasteiger partial charge in [0.05, 0.1) is 0 Å². The number of benzene rings is 1. The lowest BCUT2D eigenvalue weighted by atomic mass is 9.85. The third-order valence-electron chi connectivity index (χ3n) is 4.72. The fourth-order valence-electron chi connectivity index (χ4n) is 2.89. The maximum atomic E-state index is 13.1. The molecule has 0 atom stereocenters.